The molecule has 1 amide bonds. The average Bonchev–Trinajstić information content (AvgIpc) is 2.37. The second-order valence-electron chi connectivity index (χ2n) is 3.68. The summed E-state index contributed by atoms with van der Waals surface area (Å²) in [6.07, 6.45) is -1.14. The van der Waals surface area contributed by atoms with E-state index < -0.39 is 16.3 Å². The monoisotopic (exact) mass is 302 g/mol. The van der Waals surface area contributed by atoms with Gasteiger partial charge in [0.1, 0.15) is 0 Å². The number of hydrogen-bond donors (Lipinski definition) is 4. The molecule has 0 radical (unpaired) electrons. The molecule has 1 aromatic rings. The van der Waals surface area contributed by atoms with Crippen LogP contribution in [0.15, 0.2) is 23.4 Å². The highest BCUT2D eigenvalue weighted by molar-refractivity contribution is 7.91. The smallest absolute Gasteiger partial charge is 0.422 e. The molecule has 110 valence electrons. The summed E-state index contributed by atoms with van der Waals surface area (Å²) in [5.74, 6) is -0.265. The van der Waals surface area contributed by atoms with Crippen molar-refractivity contribution in [3.05, 3.63) is 29.3 Å². The van der Waals surface area contributed by atoms with Gasteiger partial charge in [0.25, 0.3) is 0 Å². The molecule has 0 aromatic heterocycles. The molecule has 0 unspecified atom stereocenters. The highest BCUT2D eigenvalue weighted by Crippen LogP contribution is 2.20. The highest BCUT2D eigenvalue weighted by Gasteiger charge is 2.18. The van der Waals surface area contributed by atoms with Gasteiger partial charge in [-0.3, -0.25) is 4.72 Å². The molecular formula is C10H14N4O5S. The molecule has 0 aliphatic heterocycles. The Kier molecular flexibility index (Phi) is 4.75. The van der Waals surface area contributed by atoms with Crippen molar-refractivity contribution in [2.45, 2.75) is 6.92 Å². The molecule has 0 aliphatic carbocycles. The van der Waals surface area contributed by atoms with Gasteiger partial charge in [-0.1, -0.05) is 17.3 Å². The maximum Gasteiger partial charge on any atom is 0.422 e. The van der Waals surface area contributed by atoms with Crippen LogP contribution < -0.4 is 15.2 Å². The van der Waals surface area contributed by atoms with E-state index in [1.165, 1.54) is 6.07 Å². The van der Waals surface area contributed by atoms with Gasteiger partial charge in [0.2, 0.25) is 0 Å². The molecule has 0 bridgehead atoms. The standard InChI is InChI=1S/C10H14N4O5S/c1-6-4-3-5-7(8(6)9(11)12-16)13-20(17,18)14-10(15)19-2/h3-5,13,16H,1-2H3,(H2,11,12)(H,14,15). The Morgan fingerprint density at radius 2 is 2.10 bits per heavy atom. The Bertz CT molecular complexity index is 641. The molecule has 0 aliphatic rings. The molecule has 10 heteroatoms. The fourth-order valence-electron chi connectivity index (χ4n) is 1.46. The second kappa shape index (κ2) is 6.10. The van der Waals surface area contributed by atoms with Crippen LogP contribution in [0.5, 0.6) is 0 Å². The van der Waals surface area contributed by atoms with Crippen molar-refractivity contribution in [1.82, 2.24) is 4.72 Å². The number of carbonyl (C=O) groups is 1. The Morgan fingerprint density at radius 1 is 1.45 bits per heavy atom. The van der Waals surface area contributed by atoms with Gasteiger partial charge < -0.3 is 15.7 Å². The predicted octanol–water partition coefficient (Wildman–Crippen LogP) is 0.102. The first kappa shape index (κ1) is 15.6. The molecule has 0 fully saturated rings. The van der Waals surface area contributed by atoms with Gasteiger partial charge in [-0.15, -0.1) is 0 Å². The van der Waals surface area contributed by atoms with Gasteiger partial charge in [0.15, 0.2) is 5.84 Å². The molecule has 0 atom stereocenters. The van der Waals surface area contributed by atoms with Gasteiger partial charge in [-0.2, -0.15) is 8.42 Å². The molecule has 1 rings (SSSR count). The number of amides is 1. The van der Waals surface area contributed by atoms with Crippen LogP contribution in [0, 0.1) is 6.92 Å². The number of hydrogen-bond acceptors (Lipinski definition) is 6. The largest absolute Gasteiger partial charge is 0.452 e. The molecule has 5 N–H and O–H groups in total. The Hall–Kier alpha value is -2.49. The van der Waals surface area contributed by atoms with Gasteiger partial charge in [-0.25, -0.2) is 9.52 Å². The van der Waals surface area contributed by atoms with E-state index in [4.69, 9.17) is 10.9 Å². The quantitative estimate of drug-likeness (QED) is 0.269. The third-order valence-corrected chi connectivity index (χ3v) is 3.21. The van der Waals surface area contributed by atoms with Crippen molar-refractivity contribution in [2.75, 3.05) is 11.8 Å². The molecule has 9 nitrogen and oxygen atoms in total. The van der Waals surface area contributed by atoms with Crippen LogP contribution in [-0.4, -0.2) is 32.7 Å². The van der Waals surface area contributed by atoms with E-state index in [1.54, 1.807) is 23.8 Å². The van der Waals surface area contributed by atoms with E-state index in [2.05, 4.69) is 14.6 Å². The molecule has 0 saturated heterocycles. The van der Waals surface area contributed by atoms with Crippen molar-refractivity contribution in [3.8, 4) is 0 Å². The summed E-state index contributed by atoms with van der Waals surface area (Å²) >= 11 is 0. The number of aryl methyl sites for hydroxylation is 1. The maximum absolute atomic E-state index is 11.7. The lowest BCUT2D eigenvalue weighted by Crippen LogP contribution is -2.35. The summed E-state index contributed by atoms with van der Waals surface area (Å²) in [7, 11) is -3.17. The van der Waals surface area contributed by atoms with Crippen LogP contribution in [0.3, 0.4) is 0 Å². The Labute approximate surface area is 115 Å². The normalized spacial score (nSPS) is 11.8. The first-order chi connectivity index (χ1) is 9.30. The molecule has 20 heavy (non-hydrogen) atoms. The van der Waals surface area contributed by atoms with Gasteiger partial charge >= 0.3 is 16.3 Å². The molecule has 0 saturated carbocycles. The van der Waals surface area contributed by atoms with E-state index >= 15 is 0 Å². The average molecular weight is 302 g/mol. The zero-order chi connectivity index (χ0) is 15.3. The van der Waals surface area contributed by atoms with E-state index in [1.807, 2.05) is 0 Å². The van der Waals surface area contributed by atoms with Crippen molar-refractivity contribution < 1.29 is 23.2 Å². The van der Waals surface area contributed by atoms with E-state index in [-0.39, 0.29) is 17.1 Å². The summed E-state index contributed by atoms with van der Waals surface area (Å²) in [6.45, 7) is 1.65. The zero-order valence-electron chi connectivity index (χ0n) is 10.7. The molecule has 1 aromatic carbocycles. The van der Waals surface area contributed by atoms with E-state index in [9.17, 15) is 13.2 Å². The summed E-state index contributed by atoms with van der Waals surface area (Å²) in [4.78, 5) is 10.9. The lowest BCUT2D eigenvalue weighted by Gasteiger charge is -2.13. The SMILES string of the molecule is COC(=O)NS(=O)(=O)Nc1cccc(C)c1/C(N)=N/O. The fourth-order valence-corrected chi connectivity index (χ4v) is 2.28. The van der Waals surface area contributed by atoms with Crippen LogP contribution in [-0.2, 0) is 14.9 Å². The Balaban J connectivity index is 3.16. The van der Waals surface area contributed by atoms with Crippen LogP contribution in [0.2, 0.25) is 0 Å². The lowest BCUT2D eigenvalue weighted by atomic mass is 10.1. The van der Waals surface area contributed by atoms with Crippen molar-refractivity contribution in [3.63, 3.8) is 0 Å². The van der Waals surface area contributed by atoms with Crippen molar-refractivity contribution in [1.29, 1.82) is 0 Å². The lowest BCUT2D eigenvalue weighted by molar-refractivity contribution is 0.177. The predicted molar refractivity (Wildman–Crippen MR) is 71.8 cm³/mol. The summed E-state index contributed by atoms with van der Waals surface area (Å²) in [5, 5.41) is 11.5. The van der Waals surface area contributed by atoms with Crippen molar-refractivity contribution >= 4 is 27.8 Å². The number of nitrogens with two attached hydrogens (primary N) is 1. The highest BCUT2D eigenvalue weighted by atomic mass is 32.2. The topological polar surface area (TPSA) is 143 Å². The van der Waals surface area contributed by atoms with Gasteiger partial charge in [0.05, 0.1) is 12.8 Å². The number of nitrogens with one attached hydrogen (secondary N) is 2. The molecule has 0 spiro atoms. The summed E-state index contributed by atoms with van der Waals surface area (Å²) in [6, 6.07) is 4.62. The van der Waals surface area contributed by atoms with Crippen molar-refractivity contribution in [2.24, 2.45) is 10.9 Å². The number of benzene rings is 1. The van der Waals surface area contributed by atoms with Crippen LogP contribution in [0.4, 0.5) is 10.5 Å². The summed E-state index contributed by atoms with van der Waals surface area (Å²) in [5.41, 5.74) is 6.33. The third kappa shape index (κ3) is 3.75. The zero-order valence-corrected chi connectivity index (χ0v) is 11.6. The first-order valence-electron chi connectivity index (χ1n) is 5.26. The third-order valence-electron chi connectivity index (χ3n) is 2.28. The fraction of sp³-hybridized carbons (Fsp3) is 0.200. The van der Waals surface area contributed by atoms with Crippen LogP contribution in [0.25, 0.3) is 0 Å². The number of amidine groups is 1. The number of rotatable bonds is 4. The number of ether oxygens (including phenoxy) is 1. The molecular weight excluding hydrogens is 288 g/mol. The second-order valence-corrected chi connectivity index (χ2v) is 5.10. The summed E-state index contributed by atoms with van der Waals surface area (Å²) < 4.78 is 31.3. The van der Waals surface area contributed by atoms with Gasteiger partial charge in [0, 0.05) is 5.56 Å². The number of methoxy groups -OCH3 is 1. The molecule has 0 heterocycles. The minimum absolute atomic E-state index is 0.0525. The minimum Gasteiger partial charge on any atom is -0.452 e. The Morgan fingerprint density at radius 3 is 2.65 bits per heavy atom. The van der Waals surface area contributed by atoms with E-state index in [0.717, 1.165) is 7.11 Å². The van der Waals surface area contributed by atoms with Gasteiger partial charge in [-0.05, 0) is 18.6 Å². The number of carbonyl (C=O) groups excluding carboxylic acids is 1. The first-order valence-corrected chi connectivity index (χ1v) is 6.75. The number of oxime groups is 1. The van der Waals surface area contributed by atoms with Crippen LogP contribution in [0.1, 0.15) is 11.1 Å². The maximum atomic E-state index is 11.7. The number of nitrogens with zero attached hydrogens (tertiary/aromatic N) is 1. The van der Waals surface area contributed by atoms with Crippen LogP contribution >= 0.6 is 0 Å². The minimum atomic E-state index is -4.19. The number of anilines is 1. The van der Waals surface area contributed by atoms with E-state index in [0.29, 0.717) is 5.56 Å².